The minimum absolute atomic E-state index is 0.320. The number of hydrogen-bond acceptors (Lipinski definition) is 6. The Bertz CT molecular complexity index is 307. The third kappa shape index (κ3) is 4.90. The molecule has 0 aliphatic carbocycles. The van der Waals surface area contributed by atoms with Crippen LogP contribution in [0, 0.1) is 0 Å². The zero-order valence-corrected chi connectivity index (χ0v) is 9.60. The second-order valence-corrected chi connectivity index (χ2v) is 3.43. The van der Waals surface area contributed by atoms with Gasteiger partial charge in [0.15, 0.2) is 0 Å². The van der Waals surface area contributed by atoms with Crippen LogP contribution in [0.1, 0.15) is 6.92 Å². The highest BCUT2D eigenvalue weighted by Gasteiger charge is 1.97. The summed E-state index contributed by atoms with van der Waals surface area (Å²) in [6.45, 7) is 3.83. The fourth-order valence-electron chi connectivity index (χ4n) is 1.14. The average Bonchev–Trinajstić information content (AvgIpc) is 2.28. The van der Waals surface area contributed by atoms with Crippen molar-refractivity contribution in [2.24, 2.45) is 0 Å². The number of methoxy groups -OCH3 is 1. The smallest absolute Gasteiger partial charge is 0.218 e. The van der Waals surface area contributed by atoms with Crippen LogP contribution in [0.25, 0.3) is 0 Å². The van der Waals surface area contributed by atoms with Gasteiger partial charge >= 0.3 is 0 Å². The number of nitrogens with one attached hydrogen (secondary N) is 2. The van der Waals surface area contributed by atoms with Crippen molar-refractivity contribution in [1.82, 2.24) is 15.3 Å². The maximum absolute atomic E-state index is 9.02. The molecule has 0 bridgehead atoms. The van der Waals surface area contributed by atoms with Crippen molar-refractivity contribution in [2.75, 3.05) is 32.1 Å². The first-order valence-electron chi connectivity index (χ1n) is 5.21. The molecule has 0 aliphatic rings. The number of rotatable bonds is 7. The Balaban J connectivity index is 2.21. The van der Waals surface area contributed by atoms with Crippen LogP contribution in [0.4, 0.5) is 5.82 Å². The van der Waals surface area contributed by atoms with Gasteiger partial charge in [0.2, 0.25) is 5.88 Å². The van der Waals surface area contributed by atoms with E-state index in [1.54, 1.807) is 20.1 Å². The Morgan fingerprint density at radius 3 is 2.94 bits per heavy atom. The van der Waals surface area contributed by atoms with Gasteiger partial charge in [-0.1, -0.05) is 0 Å². The van der Waals surface area contributed by atoms with E-state index in [2.05, 4.69) is 20.6 Å². The maximum Gasteiger partial charge on any atom is 0.218 e. The molecule has 6 heteroatoms. The minimum Gasteiger partial charge on any atom is -0.481 e. The van der Waals surface area contributed by atoms with Crippen molar-refractivity contribution < 1.29 is 9.84 Å². The SMILES string of the molecule is COc1cc(NCCNCC(C)O)ncn1. The fourth-order valence-corrected chi connectivity index (χ4v) is 1.14. The van der Waals surface area contributed by atoms with Gasteiger partial charge in [0.25, 0.3) is 0 Å². The van der Waals surface area contributed by atoms with Crippen LogP contribution in [0.15, 0.2) is 12.4 Å². The quantitative estimate of drug-likeness (QED) is 0.562. The van der Waals surface area contributed by atoms with Gasteiger partial charge in [0.05, 0.1) is 13.2 Å². The van der Waals surface area contributed by atoms with Gasteiger partial charge in [-0.2, -0.15) is 0 Å². The Morgan fingerprint density at radius 1 is 1.44 bits per heavy atom. The van der Waals surface area contributed by atoms with E-state index in [9.17, 15) is 0 Å². The van der Waals surface area contributed by atoms with Gasteiger partial charge < -0.3 is 20.5 Å². The lowest BCUT2D eigenvalue weighted by Gasteiger charge is -2.08. The number of aromatic nitrogens is 2. The summed E-state index contributed by atoms with van der Waals surface area (Å²) >= 11 is 0. The molecule has 90 valence electrons. The van der Waals surface area contributed by atoms with Crippen molar-refractivity contribution in [3.8, 4) is 5.88 Å². The highest BCUT2D eigenvalue weighted by Crippen LogP contribution is 2.08. The lowest BCUT2D eigenvalue weighted by molar-refractivity contribution is 0.192. The molecule has 0 fully saturated rings. The third-order valence-corrected chi connectivity index (χ3v) is 1.90. The molecule has 0 spiro atoms. The van der Waals surface area contributed by atoms with Crippen LogP contribution >= 0.6 is 0 Å². The molecule has 6 nitrogen and oxygen atoms in total. The van der Waals surface area contributed by atoms with E-state index < -0.39 is 0 Å². The zero-order valence-electron chi connectivity index (χ0n) is 9.60. The molecule has 0 saturated carbocycles. The van der Waals surface area contributed by atoms with Crippen LogP contribution in [0.5, 0.6) is 5.88 Å². The Hall–Kier alpha value is -1.40. The monoisotopic (exact) mass is 226 g/mol. The molecular formula is C10H18N4O2. The second kappa shape index (κ2) is 6.97. The predicted molar refractivity (Wildman–Crippen MR) is 61.6 cm³/mol. The molecule has 0 radical (unpaired) electrons. The van der Waals surface area contributed by atoms with Crippen molar-refractivity contribution in [3.05, 3.63) is 12.4 Å². The first-order valence-corrected chi connectivity index (χ1v) is 5.21. The highest BCUT2D eigenvalue weighted by molar-refractivity contribution is 5.36. The Morgan fingerprint density at radius 2 is 2.25 bits per heavy atom. The molecule has 1 aromatic heterocycles. The summed E-state index contributed by atoms with van der Waals surface area (Å²) in [5.41, 5.74) is 0. The lowest BCUT2D eigenvalue weighted by atomic mass is 10.4. The van der Waals surface area contributed by atoms with Gasteiger partial charge in [0, 0.05) is 25.7 Å². The topological polar surface area (TPSA) is 79.3 Å². The molecule has 0 amide bonds. The first kappa shape index (κ1) is 12.7. The van der Waals surface area contributed by atoms with E-state index in [4.69, 9.17) is 9.84 Å². The summed E-state index contributed by atoms with van der Waals surface area (Å²) in [5.74, 6) is 1.26. The van der Waals surface area contributed by atoms with E-state index >= 15 is 0 Å². The number of ether oxygens (including phenoxy) is 1. The highest BCUT2D eigenvalue weighted by atomic mass is 16.5. The molecule has 0 saturated heterocycles. The molecule has 1 rings (SSSR count). The van der Waals surface area contributed by atoms with E-state index in [1.807, 2.05) is 0 Å². The normalized spacial score (nSPS) is 12.2. The molecule has 16 heavy (non-hydrogen) atoms. The second-order valence-electron chi connectivity index (χ2n) is 3.43. The molecular weight excluding hydrogens is 208 g/mol. The van der Waals surface area contributed by atoms with Crippen LogP contribution < -0.4 is 15.4 Å². The van der Waals surface area contributed by atoms with Gasteiger partial charge in [-0.05, 0) is 6.92 Å². The summed E-state index contributed by atoms with van der Waals surface area (Å²) in [6, 6.07) is 1.73. The van der Waals surface area contributed by atoms with E-state index in [-0.39, 0.29) is 6.10 Å². The first-order chi connectivity index (χ1) is 7.72. The molecule has 3 N–H and O–H groups in total. The van der Waals surface area contributed by atoms with Crippen LogP contribution in [-0.2, 0) is 0 Å². The van der Waals surface area contributed by atoms with Gasteiger partial charge in [0.1, 0.15) is 12.1 Å². The molecule has 0 aromatic carbocycles. The summed E-state index contributed by atoms with van der Waals surface area (Å²) < 4.78 is 4.97. The van der Waals surface area contributed by atoms with E-state index in [0.29, 0.717) is 12.4 Å². The predicted octanol–water partition coefficient (Wildman–Crippen LogP) is -0.133. The van der Waals surface area contributed by atoms with Crippen molar-refractivity contribution >= 4 is 5.82 Å². The standard InChI is InChI=1S/C10H18N4O2/c1-8(15)6-11-3-4-12-9-5-10(16-2)14-7-13-9/h5,7-8,11,15H,3-4,6H2,1-2H3,(H,12,13,14). The van der Waals surface area contributed by atoms with Crippen molar-refractivity contribution in [2.45, 2.75) is 13.0 Å². The van der Waals surface area contributed by atoms with Crippen LogP contribution in [0.3, 0.4) is 0 Å². The molecule has 0 aliphatic heterocycles. The Kier molecular flexibility index (Phi) is 5.52. The largest absolute Gasteiger partial charge is 0.481 e. The molecule has 1 atom stereocenters. The van der Waals surface area contributed by atoms with Crippen molar-refractivity contribution in [3.63, 3.8) is 0 Å². The molecule has 1 aromatic rings. The number of aliphatic hydroxyl groups is 1. The number of aliphatic hydroxyl groups excluding tert-OH is 1. The zero-order chi connectivity index (χ0) is 11.8. The van der Waals surface area contributed by atoms with Crippen molar-refractivity contribution in [1.29, 1.82) is 0 Å². The lowest BCUT2D eigenvalue weighted by Crippen LogP contribution is -2.29. The van der Waals surface area contributed by atoms with Crippen LogP contribution in [0.2, 0.25) is 0 Å². The summed E-state index contributed by atoms with van der Waals surface area (Å²) in [7, 11) is 1.57. The van der Waals surface area contributed by atoms with Crippen LogP contribution in [-0.4, -0.2) is 47.9 Å². The van der Waals surface area contributed by atoms with Gasteiger partial charge in [-0.3, -0.25) is 0 Å². The average molecular weight is 226 g/mol. The number of anilines is 1. The minimum atomic E-state index is -0.320. The molecule has 1 unspecified atom stereocenters. The Labute approximate surface area is 95.1 Å². The van der Waals surface area contributed by atoms with Gasteiger partial charge in [-0.15, -0.1) is 0 Å². The fraction of sp³-hybridized carbons (Fsp3) is 0.600. The summed E-state index contributed by atoms with van der Waals surface area (Å²) in [4.78, 5) is 7.94. The third-order valence-electron chi connectivity index (χ3n) is 1.90. The summed E-state index contributed by atoms with van der Waals surface area (Å²) in [5, 5.41) is 15.2. The van der Waals surface area contributed by atoms with Gasteiger partial charge in [-0.25, -0.2) is 9.97 Å². The number of hydrogen-bond donors (Lipinski definition) is 3. The number of nitrogens with zero attached hydrogens (tertiary/aromatic N) is 2. The summed E-state index contributed by atoms with van der Waals surface area (Å²) in [6.07, 6.45) is 1.13. The molecule has 1 heterocycles. The van der Waals surface area contributed by atoms with E-state index in [0.717, 1.165) is 18.9 Å². The van der Waals surface area contributed by atoms with E-state index in [1.165, 1.54) is 6.33 Å². The maximum atomic E-state index is 9.02.